The highest BCUT2D eigenvalue weighted by atomic mass is 35.5. The number of nitrogens with zero attached hydrogens (tertiary/aromatic N) is 2. The van der Waals surface area contributed by atoms with Crippen LogP contribution < -0.4 is 16.2 Å². The van der Waals surface area contributed by atoms with Gasteiger partial charge in [-0.3, -0.25) is 14.7 Å². The largest absolute Gasteiger partial charge is 0.394 e. The number of amides is 1. The van der Waals surface area contributed by atoms with Crippen LogP contribution in [-0.4, -0.2) is 45.3 Å². The number of hydrogen-bond acceptors (Lipinski definition) is 5. The summed E-state index contributed by atoms with van der Waals surface area (Å²) < 4.78 is 1.42. The van der Waals surface area contributed by atoms with Gasteiger partial charge in [0, 0.05) is 28.3 Å². The highest BCUT2D eigenvalue weighted by Gasteiger charge is 2.43. The molecule has 2 aromatic heterocycles. The van der Waals surface area contributed by atoms with E-state index in [1.54, 1.807) is 7.05 Å². The monoisotopic (exact) mass is 429 g/mol. The van der Waals surface area contributed by atoms with Crippen molar-refractivity contribution in [3.05, 3.63) is 68.7 Å². The molecule has 0 bridgehead atoms. The molecule has 0 aliphatic heterocycles. The third-order valence-electron chi connectivity index (χ3n) is 5.91. The summed E-state index contributed by atoms with van der Waals surface area (Å²) in [6.07, 6.45) is 2.96. The zero-order valence-corrected chi connectivity index (χ0v) is 17.4. The van der Waals surface area contributed by atoms with Crippen molar-refractivity contribution in [2.24, 2.45) is 0 Å². The van der Waals surface area contributed by atoms with Crippen molar-refractivity contribution in [1.82, 2.24) is 25.2 Å². The number of likely N-dealkylation sites (N-methyl/N-ethyl adjacent to an activating group) is 1. The Morgan fingerprint density at radius 2 is 2.13 bits per heavy atom. The minimum atomic E-state index is -0.706. The fourth-order valence-electron chi connectivity index (χ4n) is 4.05. The van der Waals surface area contributed by atoms with E-state index < -0.39 is 6.04 Å². The Labute approximate surface area is 178 Å². The number of hydrogen-bond donors (Lipinski definition) is 4. The molecule has 1 saturated carbocycles. The summed E-state index contributed by atoms with van der Waals surface area (Å²) in [4.78, 5) is 29.2. The van der Waals surface area contributed by atoms with E-state index >= 15 is 0 Å². The maximum absolute atomic E-state index is 12.6. The smallest absolute Gasteiger partial charge is 0.272 e. The standard InChI is InChI=1S/C21H24ClN5O3/c1-23-16(12-28)20(30)24-11-13-9-19(29)27-18(25-13)10-17(26-27)21(7-4-8-21)14-5-2-3-6-15(14)22/h2-3,5-6,9-10,16,23,26,28H,4,7-8,11-12H2,1H3,(H,24,30). The molecular weight excluding hydrogens is 406 g/mol. The Bertz CT molecular complexity index is 1130. The number of H-pyrrole nitrogens is 1. The number of rotatable bonds is 7. The van der Waals surface area contributed by atoms with Gasteiger partial charge in [-0.1, -0.05) is 36.2 Å². The number of aliphatic hydroxyl groups is 1. The predicted octanol–water partition coefficient (Wildman–Crippen LogP) is 1.34. The molecule has 8 nitrogen and oxygen atoms in total. The van der Waals surface area contributed by atoms with Crippen LogP contribution in [0.15, 0.2) is 41.2 Å². The van der Waals surface area contributed by atoms with Crippen LogP contribution in [0.1, 0.15) is 36.2 Å². The SMILES string of the molecule is CNC(CO)C(=O)NCc1cc(=O)n2[nH]c(C3(c4ccccc4Cl)CCC3)cc2n1. The van der Waals surface area contributed by atoms with Crippen LogP contribution in [0.2, 0.25) is 5.02 Å². The van der Waals surface area contributed by atoms with Crippen molar-refractivity contribution >= 4 is 23.2 Å². The van der Waals surface area contributed by atoms with Gasteiger partial charge in [0.25, 0.3) is 5.56 Å². The molecule has 1 aliphatic rings. The first-order chi connectivity index (χ1) is 14.5. The molecule has 1 aromatic carbocycles. The highest BCUT2D eigenvalue weighted by Crippen LogP contribution is 2.50. The third-order valence-corrected chi connectivity index (χ3v) is 6.24. The van der Waals surface area contributed by atoms with Crippen molar-refractivity contribution in [3.63, 3.8) is 0 Å². The van der Waals surface area contributed by atoms with Crippen LogP contribution >= 0.6 is 11.6 Å². The number of aromatic amines is 1. The second kappa shape index (κ2) is 8.22. The fourth-order valence-corrected chi connectivity index (χ4v) is 4.36. The normalized spacial score (nSPS) is 16.2. The summed E-state index contributed by atoms with van der Waals surface area (Å²) in [5.41, 5.74) is 2.39. The molecule has 1 amide bonds. The van der Waals surface area contributed by atoms with E-state index in [0.29, 0.717) is 16.4 Å². The van der Waals surface area contributed by atoms with Crippen LogP contribution in [0.5, 0.6) is 0 Å². The molecule has 4 rings (SSSR count). The zero-order valence-electron chi connectivity index (χ0n) is 16.6. The lowest BCUT2D eigenvalue weighted by atomic mass is 9.62. The second-order valence-electron chi connectivity index (χ2n) is 7.61. The maximum Gasteiger partial charge on any atom is 0.272 e. The van der Waals surface area contributed by atoms with Crippen molar-refractivity contribution in [2.75, 3.05) is 13.7 Å². The van der Waals surface area contributed by atoms with E-state index in [-0.39, 0.29) is 30.0 Å². The first-order valence-electron chi connectivity index (χ1n) is 9.91. The molecule has 1 unspecified atom stereocenters. The highest BCUT2D eigenvalue weighted by molar-refractivity contribution is 6.31. The second-order valence-corrected chi connectivity index (χ2v) is 8.01. The number of fused-ring (bicyclic) bond motifs is 1. The van der Waals surface area contributed by atoms with Crippen LogP contribution in [0.25, 0.3) is 5.65 Å². The quantitative estimate of drug-likeness (QED) is 0.453. The van der Waals surface area contributed by atoms with Gasteiger partial charge in [0.15, 0.2) is 5.65 Å². The molecule has 4 N–H and O–H groups in total. The van der Waals surface area contributed by atoms with Crippen LogP contribution in [0.3, 0.4) is 0 Å². The van der Waals surface area contributed by atoms with Gasteiger partial charge in [-0.05, 0) is 31.5 Å². The minimum Gasteiger partial charge on any atom is -0.394 e. The fraction of sp³-hybridized carbons (Fsp3) is 0.381. The lowest BCUT2D eigenvalue weighted by Gasteiger charge is -2.42. The van der Waals surface area contributed by atoms with Gasteiger partial charge in [-0.15, -0.1) is 0 Å². The van der Waals surface area contributed by atoms with Gasteiger partial charge in [-0.25, -0.2) is 9.50 Å². The van der Waals surface area contributed by atoms with E-state index in [4.69, 9.17) is 11.6 Å². The van der Waals surface area contributed by atoms with Gasteiger partial charge in [0.2, 0.25) is 5.91 Å². The maximum atomic E-state index is 12.6. The molecule has 0 spiro atoms. The average Bonchev–Trinajstić information content (AvgIpc) is 3.13. The Morgan fingerprint density at radius 1 is 1.37 bits per heavy atom. The number of halogens is 1. The number of benzene rings is 1. The minimum absolute atomic E-state index is 0.0962. The molecule has 30 heavy (non-hydrogen) atoms. The molecule has 2 heterocycles. The summed E-state index contributed by atoms with van der Waals surface area (Å²) in [5, 5.41) is 18.5. The number of carbonyl (C=O) groups is 1. The average molecular weight is 430 g/mol. The van der Waals surface area contributed by atoms with E-state index in [2.05, 4.69) is 20.7 Å². The van der Waals surface area contributed by atoms with Crippen LogP contribution in [-0.2, 0) is 16.8 Å². The summed E-state index contributed by atoms with van der Waals surface area (Å²) in [7, 11) is 1.59. The van der Waals surface area contributed by atoms with E-state index in [9.17, 15) is 14.7 Å². The molecule has 0 radical (unpaired) electrons. The summed E-state index contributed by atoms with van der Waals surface area (Å²) in [6, 6.07) is 10.4. The first-order valence-corrected chi connectivity index (χ1v) is 10.3. The number of aromatic nitrogens is 3. The molecule has 158 valence electrons. The number of nitrogens with one attached hydrogen (secondary N) is 3. The summed E-state index contributed by atoms with van der Waals surface area (Å²) in [5.74, 6) is -0.358. The van der Waals surface area contributed by atoms with Gasteiger partial charge < -0.3 is 15.7 Å². The van der Waals surface area contributed by atoms with Gasteiger partial charge >= 0.3 is 0 Å². The molecule has 3 aromatic rings. The summed E-state index contributed by atoms with van der Waals surface area (Å²) in [6.45, 7) is -0.221. The molecule has 1 fully saturated rings. The third kappa shape index (κ3) is 3.51. The Hall–Kier alpha value is -2.68. The Balaban J connectivity index is 1.65. The van der Waals surface area contributed by atoms with Crippen molar-refractivity contribution in [3.8, 4) is 0 Å². The lowest BCUT2D eigenvalue weighted by Crippen LogP contribution is -2.44. The Morgan fingerprint density at radius 3 is 2.77 bits per heavy atom. The van der Waals surface area contributed by atoms with E-state index in [0.717, 1.165) is 30.5 Å². The Kier molecular flexibility index (Phi) is 5.64. The van der Waals surface area contributed by atoms with Crippen molar-refractivity contribution in [2.45, 2.75) is 37.3 Å². The molecule has 9 heteroatoms. The summed E-state index contributed by atoms with van der Waals surface area (Å²) >= 11 is 6.49. The van der Waals surface area contributed by atoms with Crippen LogP contribution in [0, 0.1) is 0 Å². The zero-order chi connectivity index (χ0) is 21.3. The topological polar surface area (TPSA) is 112 Å². The number of carbonyl (C=O) groups excluding carboxylic acids is 1. The molecule has 1 aliphatic carbocycles. The van der Waals surface area contributed by atoms with Crippen molar-refractivity contribution < 1.29 is 9.90 Å². The first kappa shape index (κ1) is 20.6. The van der Waals surface area contributed by atoms with Gasteiger partial charge in [0.1, 0.15) is 6.04 Å². The van der Waals surface area contributed by atoms with E-state index in [1.807, 2.05) is 30.3 Å². The predicted molar refractivity (Wildman–Crippen MR) is 114 cm³/mol. The molecular formula is C21H24ClN5O3. The van der Waals surface area contributed by atoms with Crippen molar-refractivity contribution in [1.29, 1.82) is 0 Å². The van der Waals surface area contributed by atoms with Crippen LogP contribution in [0.4, 0.5) is 0 Å². The molecule has 0 saturated heterocycles. The van der Waals surface area contributed by atoms with E-state index in [1.165, 1.54) is 10.6 Å². The molecule has 1 atom stereocenters. The lowest BCUT2D eigenvalue weighted by molar-refractivity contribution is -0.124. The number of aliphatic hydroxyl groups excluding tert-OH is 1. The van der Waals surface area contributed by atoms with Gasteiger partial charge in [0.05, 0.1) is 18.8 Å². The van der Waals surface area contributed by atoms with Gasteiger partial charge in [-0.2, -0.15) is 0 Å².